The molecule has 1 aromatic heterocycles. The first-order chi connectivity index (χ1) is 11.8. The van der Waals surface area contributed by atoms with Crippen LogP contribution < -0.4 is 5.32 Å². The highest BCUT2D eigenvalue weighted by atomic mass is 35.5. The monoisotopic (exact) mass is 384 g/mol. The van der Waals surface area contributed by atoms with E-state index in [2.05, 4.69) is 10.3 Å². The predicted molar refractivity (Wildman–Crippen MR) is 91.2 cm³/mol. The number of fused-ring (bicyclic) bond motifs is 1. The normalized spacial score (nSPS) is 11.6. The van der Waals surface area contributed by atoms with E-state index in [1.54, 1.807) is 24.3 Å². The molecule has 3 rings (SSSR count). The van der Waals surface area contributed by atoms with Crippen molar-refractivity contribution in [3.63, 3.8) is 0 Å². The Bertz CT molecular complexity index is 974. The lowest BCUT2D eigenvalue weighted by Crippen LogP contribution is -2.14. The molecule has 0 unspecified atom stereocenters. The number of halogens is 5. The van der Waals surface area contributed by atoms with Crippen LogP contribution >= 0.6 is 23.2 Å². The van der Waals surface area contributed by atoms with Crippen molar-refractivity contribution in [1.82, 2.24) is 4.98 Å². The molecule has 2 aromatic carbocycles. The zero-order chi connectivity index (χ0) is 18.2. The van der Waals surface area contributed by atoms with Crippen molar-refractivity contribution in [1.29, 1.82) is 0 Å². The van der Waals surface area contributed by atoms with Crippen molar-refractivity contribution in [3.05, 3.63) is 69.8 Å². The van der Waals surface area contributed by atoms with Gasteiger partial charge in [-0.25, -0.2) is 4.98 Å². The maximum Gasteiger partial charge on any atom is 0.416 e. The number of rotatable bonds is 2. The van der Waals surface area contributed by atoms with Crippen molar-refractivity contribution in [3.8, 4) is 0 Å². The molecule has 0 aliphatic heterocycles. The van der Waals surface area contributed by atoms with Crippen LogP contribution in [0, 0.1) is 0 Å². The molecule has 0 radical (unpaired) electrons. The van der Waals surface area contributed by atoms with Gasteiger partial charge in [0.15, 0.2) is 0 Å². The number of carbonyl (C=O) groups excluding carboxylic acids is 1. The fourth-order valence-electron chi connectivity index (χ4n) is 2.24. The third-order valence-electron chi connectivity index (χ3n) is 3.46. The molecular weight excluding hydrogens is 376 g/mol. The smallest absolute Gasteiger partial charge is 0.321 e. The zero-order valence-corrected chi connectivity index (χ0v) is 13.9. The Hall–Kier alpha value is -2.31. The molecule has 0 bridgehead atoms. The topological polar surface area (TPSA) is 42.0 Å². The minimum Gasteiger partial charge on any atom is -0.321 e. The molecule has 0 aliphatic carbocycles. The van der Waals surface area contributed by atoms with Gasteiger partial charge in [-0.05, 0) is 30.3 Å². The molecule has 1 amide bonds. The van der Waals surface area contributed by atoms with Gasteiger partial charge in [-0.3, -0.25) is 4.79 Å². The van der Waals surface area contributed by atoms with E-state index < -0.39 is 17.6 Å². The van der Waals surface area contributed by atoms with Gasteiger partial charge < -0.3 is 5.32 Å². The Balaban J connectivity index is 1.96. The summed E-state index contributed by atoms with van der Waals surface area (Å²) in [6, 6.07) is 11.2. The number of alkyl halides is 3. The Labute approximate surface area is 150 Å². The lowest BCUT2D eigenvalue weighted by molar-refractivity contribution is -0.137. The molecule has 1 heterocycles. The highest BCUT2D eigenvalue weighted by molar-refractivity contribution is 6.35. The van der Waals surface area contributed by atoms with Gasteiger partial charge in [-0.2, -0.15) is 13.2 Å². The highest BCUT2D eigenvalue weighted by Crippen LogP contribution is 2.34. The summed E-state index contributed by atoms with van der Waals surface area (Å²) in [7, 11) is 0. The van der Waals surface area contributed by atoms with Crippen molar-refractivity contribution >= 4 is 45.7 Å². The Morgan fingerprint density at radius 3 is 2.48 bits per heavy atom. The number of para-hydroxylation sites is 1. The number of nitrogens with one attached hydrogen (secondary N) is 1. The van der Waals surface area contributed by atoms with Crippen LogP contribution in [0.4, 0.5) is 18.9 Å². The van der Waals surface area contributed by atoms with E-state index in [4.69, 9.17) is 23.2 Å². The SMILES string of the molecule is O=C(Nc1cc(C(F)(F)F)ccc1Cl)c1cc2ccccc2nc1Cl. The zero-order valence-electron chi connectivity index (χ0n) is 12.4. The van der Waals surface area contributed by atoms with E-state index in [0.717, 1.165) is 18.2 Å². The summed E-state index contributed by atoms with van der Waals surface area (Å²) in [5.74, 6) is -0.704. The first-order valence-electron chi connectivity index (χ1n) is 6.99. The molecule has 3 nitrogen and oxygen atoms in total. The molecule has 3 aromatic rings. The summed E-state index contributed by atoms with van der Waals surface area (Å²) >= 11 is 11.9. The molecule has 1 N–H and O–H groups in total. The molecule has 0 saturated carbocycles. The summed E-state index contributed by atoms with van der Waals surface area (Å²) in [6.07, 6.45) is -4.55. The molecular formula is C17H9Cl2F3N2O. The average molecular weight is 385 g/mol. The van der Waals surface area contributed by atoms with Crippen LogP contribution in [0.1, 0.15) is 15.9 Å². The molecule has 0 aliphatic rings. The second kappa shape index (κ2) is 6.54. The van der Waals surface area contributed by atoms with E-state index in [1.807, 2.05) is 0 Å². The van der Waals surface area contributed by atoms with E-state index in [9.17, 15) is 18.0 Å². The number of pyridine rings is 1. The lowest BCUT2D eigenvalue weighted by atomic mass is 10.1. The second-order valence-electron chi connectivity index (χ2n) is 5.17. The van der Waals surface area contributed by atoms with Crippen LogP contribution in [0.3, 0.4) is 0 Å². The predicted octanol–water partition coefficient (Wildman–Crippen LogP) is 5.81. The Kier molecular flexibility index (Phi) is 4.58. The first-order valence-corrected chi connectivity index (χ1v) is 7.74. The summed E-state index contributed by atoms with van der Waals surface area (Å²) in [5, 5.41) is 2.94. The van der Waals surface area contributed by atoms with Crippen LogP contribution in [-0.4, -0.2) is 10.9 Å². The number of amides is 1. The average Bonchev–Trinajstić information content (AvgIpc) is 2.55. The lowest BCUT2D eigenvalue weighted by Gasteiger charge is -2.12. The fraction of sp³-hybridized carbons (Fsp3) is 0.0588. The standard InChI is InChI=1S/C17H9Cl2F3N2O/c18-12-6-5-10(17(20,21)22)8-14(12)24-16(25)11-7-9-3-1-2-4-13(9)23-15(11)19/h1-8H,(H,24,25). The van der Waals surface area contributed by atoms with E-state index in [0.29, 0.717) is 10.9 Å². The van der Waals surface area contributed by atoms with Crippen LogP contribution in [0.5, 0.6) is 0 Å². The van der Waals surface area contributed by atoms with E-state index in [1.165, 1.54) is 6.07 Å². The number of carbonyl (C=O) groups is 1. The van der Waals surface area contributed by atoms with Crippen molar-refractivity contribution in [2.75, 3.05) is 5.32 Å². The summed E-state index contributed by atoms with van der Waals surface area (Å²) < 4.78 is 38.4. The third-order valence-corrected chi connectivity index (χ3v) is 4.08. The van der Waals surface area contributed by atoms with Gasteiger partial charge in [0.25, 0.3) is 5.91 Å². The molecule has 0 fully saturated rings. The van der Waals surface area contributed by atoms with Crippen LogP contribution in [0.15, 0.2) is 48.5 Å². The number of nitrogens with zero attached hydrogens (tertiary/aromatic N) is 1. The quantitative estimate of drug-likeness (QED) is 0.566. The second-order valence-corrected chi connectivity index (χ2v) is 5.93. The van der Waals surface area contributed by atoms with Gasteiger partial charge in [0.1, 0.15) is 5.15 Å². The van der Waals surface area contributed by atoms with Gasteiger partial charge >= 0.3 is 6.18 Å². The fourth-order valence-corrected chi connectivity index (χ4v) is 2.63. The minimum absolute atomic E-state index is 0.0220. The largest absolute Gasteiger partial charge is 0.416 e. The maximum atomic E-state index is 12.8. The summed E-state index contributed by atoms with van der Waals surface area (Å²) in [5.41, 5.74) is -0.448. The van der Waals surface area contributed by atoms with Crippen molar-refractivity contribution in [2.24, 2.45) is 0 Å². The molecule has 0 spiro atoms. The van der Waals surface area contributed by atoms with Gasteiger partial charge in [0, 0.05) is 5.39 Å². The number of anilines is 1. The van der Waals surface area contributed by atoms with Crippen LogP contribution in [0.2, 0.25) is 10.2 Å². The maximum absolute atomic E-state index is 12.8. The summed E-state index contributed by atoms with van der Waals surface area (Å²) in [4.78, 5) is 16.5. The first kappa shape index (κ1) is 17.5. The van der Waals surface area contributed by atoms with Crippen molar-refractivity contribution < 1.29 is 18.0 Å². The van der Waals surface area contributed by atoms with E-state index >= 15 is 0 Å². The van der Waals surface area contributed by atoms with Gasteiger partial charge in [0.05, 0.1) is 27.4 Å². The van der Waals surface area contributed by atoms with Gasteiger partial charge in [-0.15, -0.1) is 0 Å². The van der Waals surface area contributed by atoms with Crippen molar-refractivity contribution in [2.45, 2.75) is 6.18 Å². The van der Waals surface area contributed by atoms with E-state index in [-0.39, 0.29) is 21.4 Å². The molecule has 0 saturated heterocycles. The molecule has 8 heteroatoms. The third kappa shape index (κ3) is 3.70. The Morgan fingerprint density at radius 2 is 1.76 bits per heavy atom. The van der Waals surface area contributed by atoms with Gasteiger partial charge in [0.2, 0.25) is 0 Å². The number of hydrogen-bond donors (Lipinski definition) is 1. The molecule has 25 heavy (non-hydrogen) atoms. The number of hydrogen-bond acceptors (Lipinski definition) is 2. The Morgan fingerprint density at radius 1 is 1.04 bits per heavy atom. The number of aromatic nitrogens is 1. The highest BCUT2D eigenvalue weighted by Gasteiger charge is 2.31. The molecule has 128 valence electrons. The summed E-state index contributed by atoms with van der Waals surface area (Å²) in [6.45, 7) is 0. The van der Waals surface area contributed by atoms with Crippen LogP contribution in [-0.2, 0) is 6.18 Å². The number of benzene rings is 2. The van der Waals surface area contributed by atoms with Crippen LogP contribution in [0.25, 0.3) is 10.9 Å². The van der Waals surface area contributed by atoms with Gasteiger partial charge in [-0.1, -0.05) is 41.4 Å². The molecule has 0 atom stereocenters. The minimum atomic E-state index is -4.55.